The maximum atomic E-state index is 9.60. The number of rotatable bonds is 1. The molecule has 1 aromatic rings. The van der Waals surface area contributed by atoms with Crippen molar-refractivity contribution in [3.63, 3.8) is 0 Å². The SMILES string of the molecule is C#C[C@](C)(O)c1scnc1C.S. The molecule has 0 saturated heterocycles. The first kappa shape index (κ1) is 11.5. The largest absolute Gasteiger partial charge is 0.373 e. The van der Waals surface area contributed by atoms with Crippen molar-refractivity contribution in [1.82, 2.24) is 4.98 Å². The molecule has 1 N–H and O–H groups in total. The Kier molecular flexibility index (Phi) is 3.78. The molecular weight excluding hydrogens is 190 g/mol. The van der Waals surface area contributed by atoms with E-state index in [4.69, 9.17) is 6.42 Å². The summed E-state index contributed by atoms with van der Waals surface area (Å²) in [5.74, 6) is 2.31. The van der Waals surface area contributed by atoms with Crippen LogP contribution in [0.25, 0.3) is 0 Å². The lowest BCUT2D eigenvalue weighted by Gasteiger charge is -2.13. The summed E-state index contributed by atoms with van der Waals surface area (Å²) in [7, 11) is 0. The number of nitrogens with zero attached hydrogens (tertiary/aromatic N) is 1. The van der Waals surface area contributed by atoms with Gasteiger partial charge < -0.3 is 5.11 Å². The Morgan fingerprint density at radius 1 is 1.75 bits per heavy atom. The Bertz CT molecular complexity index is 298. The molecule has 0 aliphatic rings. The van der Waals surface area contributed by atoms with E-state index in [0.29, 0.717) is 0 Å². The average Bonchev–Trinajstić information content (AvgIpc) is 2.36. The zero-order valence-electron chi connectivity index (χ0n) is 6.96. The molecule has 1 aromatic heterocycles. The second-order valence-corrected chi connectivity index (χ2v) is 3.34. The minimum absolute atomic E-state index is 0. The predicted molar refractivity (Wildman–Crippen MR) is 55.6 cm³/mol. The molecule has 1 atom stereocenters. The first-order chi connectivity index (χ1) is 5.08. The molecule has 0 saturated carbocycles. The number of hydrogen-bond donors (Lipinski definition) is 1. The van der Waals surface area contributed by atoms with E-state index >= 15 is 0 Å². The number of terminal acetylenes is 1. The fourth-order valence-corrected chi connectivity index (χ4v) is 1.66. The summed E-state index contributed by atoms with van der Waals surface area (Å²) in [6.07, 6.45) is 5.15. The van der Waals surface area contributed by atoms with E-state index in [1.54, 1.807) is 12.4 Å². The van der Waals surface area contributed by atoms with Gasteiger partial charge in [-0.1, -0.05) is 5.92 Å². The number of aliphatic hydroxyl groups is 1. The minimum Gasteiger partial charge on any atom is -0.373 e. The molecule has 0 unspecified atom stereocenters. The summed E-state index contributed by atoms with van der Waals surface area (Å²) in [6.45, 7) is 3.42. The van der Waals surface area contributed by atoms with Gasteiger partial charge in [-0.05, 0) is 13.8 Å². The van der Waals surface area contributed by atoms with Crippen molar-refractivity contribution in [2.24, 2.45) is 0 Å². The number of hydrogen-bond acceptors (Lipinski definition) is 3. The van der Waals surface area contributed by atoms with Crippen LogP contribution in [-0.2, 0) is 5.60 Å². The zero-order chi connectivity index (χ0) is 8.48. The standard InChI is InChI=1S/C8H9NOS.H2S/c1-4-8(3,10)7-6(2)9-5-11-7;/h1,5,10H,2-3H3;1H2/t8-;/m0./s1. The van der Waals surface area contributed by atoms with E-state index in [2.05, 4.69) is 10.9 Å². The maximum absolute atomic E-state index is 9.60. The molecule has 0 spiro atoms. The van der Waals surface area contributed by atoms with Crippen LogP contribution in [0.4, 0.5) is 0 Å². The third kappa shape index (κ3) is 2.01. The molecule has 0 radical (unpaired) electrons. The van der Waals surface area contributed by atoms with Crippen LogP contribution in [0.1, 0.15) is 17.5 Å². The molecule has 0 aliphatic heterocycles. The zero-order valence-corrected chi connectivity index (χ0v) is 8.77. The summed E-state index contributed by atoms with van der Waals surface area (Å²) >= 11 is 1.38. The summed E-state index contributed by atoms with van der Waals surface area (Å²) in [5, 5.41) is 9.60. The molecule has 0 amide bonds. The lowest BCUT2D eigenvalue weighted by atomic mass is 10.1. The molecular formula is C8H11NOS2. The third-order valence-electron chi connectivity index (χ3n) is 1.47. The maximum Gasteiger partial charge on any atom is 0.158 e. The van der Waals surface area contributed by atoms with Crippen molar-refractivity contribution in [3.8, 4) is 12.3 Å². The second kappa shape index (κ2) is 3.94. The summed E-state index contributed by atoms with van der Waals surface area (Å²) in [4.78, 5) is 4.74. The van der Waals surface area contributed by atoms with Gasteiger partial charge in [-0.25, -0.2) is 4.98 Å². The quantitative estimate of drug-likeness (QED) is 0.697. The van der Waals surface area contributed by atoms with Gasteiger partial charge in [0.15, 0.2) is 5.60 Å². The first-order valence-electron chi connectivity index (χ1n) is 3.18. The lowest BCUT2D eigenvalue weighted by molar-refractivity contribution is 0.125. The Balaban J connectivity index is 0.00000121. The van der Waals surface area contributed by atoms with Crippen molar-refractivity contribution in [2.75, 3.05) is 0 Å². The van der Waals surface area contributed by atoms with Crippen molar-refractivity contribution in [1.29, 1.82) is 0 Å². The van der Waals surface area contributed by atoms with Gasteiger partial charge in [0.1, 0.15) is 0 Å². The lowest BCUT2D eigenvalue weighted by Crippen LogP contribution is -2.17. The van der Waals surface area contributed by atoms with Crippen molar-refractivity contribution in [3.05, 3.63) is 16.1 Å². The summed E-state index contributed by atoms with van der Waals surface area (Å²) in [6, 6.07) is 0. The molecule has 1 rings (SSSR count). The van der Waals surface area contributed by atoms with E-state index in [1.165, 1.54) is 11.3 Å². The number of aryl methyl sites for hydroxylation is 1. The van der Waals surface area contributed by atoms with Gasteiger partial charge in [0.25, 0.3) is 0 Å². The van der Waals surface area contributed by atoms with Crippen molar-refractivity contribution >= 4 is 24.8 Å². The van der Waals surface area contributed by atoms with Gasteiger partial charge in [-0.2, -0.15) is 13.5 Å². The van der Waals surface area contributed by atoms with Crippen LogP contribution < -0.4 is 0 Å². The smallest absolute Gasteiger partial charge is 0.158 e. The Morgan fingerprint density at radius 2 is 2.33 bits per heavy atom. The van der Waals surface area contributed by atoms with E-state index in [1.807, 2.05) is 6.92 Å². The van der Waals surface area contributed by atoms with Gasteiger partial charge in [0.2, 0.25) is 0 Å². The Morgan fingerprint density at radius 3 is 2.67 bits per heavy atom. The highest BCUT2D eigenvalue weighted by atomic mass is 32.1. The van der Waals surface area contributed by atoms with Crippen LogP contribution in [0.5, 0.6) is 0 Å². The van der Waals surface area contributed by atoms with Crippen LogP contribution in [0.15, 0.2) is 5.51 Å². The van der Waals surface area contributed by atoms with Crippen LogP contribution in [0.3, 0.4) is 0 Å². The van der Waals surface area contributed by atoms with Crippen LogP contribution in [0, 0.1) is 19.3 Å². The van der Waals surface area contributed by atoms with Gasteiger partial charge in [0.05, 0.1) is 16.1 Å². The van der Waals surface area contributed by atoms with Crippen LogP contribution in [0.2, 0.25) is 0 Å². The Hall–Kier alpha value is -0.500. The highest BCUT2D eigenvalue weighted by Gasteiger charge is 2.23. The molecule has 2 nitrogen and oxygen atoms in total. The highest BCUT2D eigenvalue weighted by Crippen LogP contribution is 2.26. The van der Waals surface area contributed by atoms with Crippen LogP contribution >= 0.6 is 24.8 Å². The van der Waals surface area contributed by atoms with Gasteiger partial charge in [-0.3, -0.25) is 0 Å². The first-order valence-corrected chi connectivity index (χ1v) is 4.06. The van der Waals surface area contributed by atoms with Gasteiger partial charge in [0, 0.05) is 0 Å². The predicted octanol–water partition coefficient (Wildman–Crippen LogP) is 1.41. The van der Waals surface area contributed by atoms with E-state index in [-0.39, 0.29) is 13.5 Å². The number of thiazole rings is 1. The molecule has 0 bridgehead atoms. The fraction of sp³-hybridized carbons (Fsp3) is 0.375. The van der Waals surface area contributed by atoms with Crippen molar-refractivity contribution in [2.45, 2.75) is 19.4 Å². The molecule has 1 heterocycles. The monoisotopic (exact) mass is 201 g/mol. The molecule has 12 heavy (non-hydrogen) atoms. The summed E-state index contributed by atoms with van der Waals surface area (Å²) < 4.78 is 0. The third-order valence-corrected chi connectivity index (χ3v) is 2.61. The fourth-order valence-electron chi connectivity index (χ4n) is 0.835. The van der Waals surface area contributed by atoms with Crippen molar-refractivity contribution < 1.29 is 5.11 Å². The van der Waals surface area contributed by atoms with E-state index < -0.39 is 5.60 Å². The highest BCUT2D eigenvalue weighted by molar-refractivity contribution is 7.59. The molecule has 66 valence electrons. The minimum atomic E-state index is -1.16. The molecule has 0 aromatic carbocycles. The van der Waals surface area contributed by atoms with Crippen LogP contribution in [-0.4, -0.2) is 10.1 Å². The molecule has 0 fully saturated rings. The normalized spacial score (nSPS) is 14.2. The summed E-state index contributed by atoms with van der Waals surface area (Å²) in [5.41, 5.74) is 1.32. The molecule has 0 aliphatic carbocycles. The Labute approximate surface area is 83.1 Å². The van der Waals surface area contributed by atoms with E-state index in [0.717, 1.165) is 10.6 Å². The average molecular weight is 201 g/mol. The van der Waals surface area contributed by atoms with Gasteiger partial charge in [-0.15, -0.1) is 17.8 Å². The number of aromatic nitrogens is 1. The second-order valence-electron chi connectivity index (χ2n) is 2.48. The topological polar surface area (TPSA) is 33.1 Å². The van der Waals surface area contributed by atoms with Gasteiger partial charge >= 0.3 is 0 Å². The molecule has 4 heteroatoms. The van der Waals surface area contributed by atoms with E-state index in [9.17, 15) is 5.11 Å².